The molecule has 3 heteroatoms. The van der Waals surface area contributed by atoms with Crippen molar-refractivity contribution in [3.05, 3.63) is 48.6 Å². The summed E-state index contributed by atoms with van der Waals surface area (Å²) < 4.78 is 11.4. The van der Waals surface area contributed by atoms with Gasteiger partial charge in [0.05, 0.1) is 12.6 Å². The minimum Gasteiger partial charge on any atom is -0.348 e. The fraction of sp³-hybridized carbons (Fsp3) is 0.467. The SMILES string of the molecule is C=C[C@H](NCc1ccccc1)[C@@H]1COC(C)(C)O1. The maximum absolute atomic E-state index is 5.83. The average molecular weight is 247 g/mol. The Bertz CT molecular complexity index is 389. The molecule has 0 aliphatic carbocycles. The largest absolute Gasteiger partial charge is 0.348 e. The maximum atomic E-state index is 5.83. The molecule has 0 aromatic heterocycles. The predicted octanol–water partition coefficient (Wildman–Crippen LogP) is 2.48. The molecule has 2 rings (SSSR count). The zero-order chi connectivity index (χ0) is 13.0. The predicted molar refractivity (Wildman–Crippen MR) is 72.2 cm³/mol. The third-order valence-electron chi connectivity index (χ3n) is 3.07. The minimum absolute atomic E-state index is 0.0289. The highest BCUT2D eigenvalue weighted by molar-refractivity contribution is 5.14. The second-order valence-electron chi connectivity index (χ2n) is 5.00. The molecule has 1 aromatic carbocycles. The van der Waals surface area contributed by atoms with Crippen molar-refractivity contribution in [2.75, 3.05) is 6.61 Å². The first kappa shape index (κ1) is 13.3. The molecule has 1 aliphatic heterocycles. The lowest BCUT2D eigenvalue weighted by Gasteiger charge is -2.22. The molecule has 1 N–H and O–H groups in total. The third kappa shape index (κ3) is 3.42. The zero-order valence-corrected chi connectivity index (χ0v) is 11.1. The van der Waals surface area contributed by atoms with Crippen LogP contribution in [0.1, 0.15) is 19.4 Å². The van der Waals surface area contributed by atoms with E-state index >= 15 is 0 Å². The van der Waals surface area contributed by atoms with E-state index in [-0.39, 0.29) is 12.1 Å². The monoisotopic (exact) mass is 247 g/mol. The van der Waals surface area contributed by atoms with Gasteiger partial charge in [0.15, 0.2) is 5.79 Å². The lowest BCUT2D eigenvalue weighted by molar-refractivity contribution is -0.140. The Morgan fingerprint density at radius 3 is 2.72 bits per heavy atom. The van der Waals surface area contributed by atoms with Crippen LogP contribution in [-0.2, 0) is 16.0 Å². The summed E-state index contributed by atoms with van der Waals surface area (Å²) in [6.07, 6.45) is 1.92. The summed E-state index contributed by atoms with van der Waals surface area (Å²) in [5.41, 5.74) is 1.25. The molecule has 0 unspecified atom stereocenters. The van der Waals surface area contributed by atoms with Crippen molar-refractivity contribution in [2.24, 2.45) is 0 Å². The summed E-state index contributed by atoms with van der Waals surface area (Å²) in [5, 5.41) is 3.44. The maximum Gasteiger partial charge on any atom is 0.163 e. The van der Waals surface area contributed by atoms with Crippen molar-refractivity contribution in [3.8, 4) is 0 Å². The van der Waals surface area contributed by atoms with Crippen molar-refractivity contribution in [3.63, 3.8) is 0 Å². The van der Waals surface area contributed by atoms with E-state index in [1.807, 2.05) is 38.1 Å². The van der Waals surface area contributed by atoms with Crippen LogP contribution in [0.15, 0.2) is 43.0 Å². The highest BCUT2D eigenvalue weighted by atomic mass is 16.7. The van der Waals surface area contributed by atoms with Crippen LogP contribution in [0, 0.1) is 0 Å². The van der Waals surface area contributed by atoms with Gasteiger partial charge in [-0.1, -0.05) is 36.4 Å². The summed E-state index contributed by atoms with van der Waals surface area (Å²) in [6, 6.07) is 10.4. The number of hydrogen-bond acceptors (Lipinski definition) is 3. The topological polar surface area (TPSA) is 30.5 Å². The molecule has 0 radical (unpaired) electrons. The Morgan fingerprint density at radius 2 is 2.17 bits per heavy atom. The van der Waals surface area contributed by atoms with E-state index in [2.05, 4.69) is 24.0 Å². The standard InChI is InChI=1S/C15H21NO2/c1-4-13(14-11-17-15(2,3)18-14)16-10-12-8-6-5-7-9-12/h4-9,13-14,16H,1,10-11H2,2-3H3/t13-,14-/m0/s1. The highest BCUT2D eigenvalue weighted by Crippen LogP contribution is 2.24. The number of rotatable bonds is 5. The molecule has 0 spiro atoms. The molecular weight excluding hydrogens is 226 g/mol. The van der Waals surface area contributed by atoms with Gasteiger partial charge in [-0.05, 0) is 19.4 Å². The molecular formula is C15H21NO2. The normalized spacial score (nSPS) is 23.8. The van der Waals surface area contributed by atoms with Crippen LogP contribution in [0.25, 0.3) is 0 Å². The van der Waals surface area contributed by atoms with Crippen LogP contribution in [0.2, 0.25) is 0 Å². The van der Waals surface area contributed by atoms with Gasteiger partial charge >= 0.3 is 0 Å². The van der Waals surface area contributed by atoms with E-state index in [0.29, 0.717) is 6.61 Å². The molecule has 1 heterocycles. The molecule has 0 amide bonds. The number of hydrogen-bond donors (Lipinski definition) is 1. The van der Waals surface area contributed by atoms with Gasteiger partial charge in [-0.2, -0.15) is 0 Å². The summed E-state index contributed by atoms with van der Waals surface area (Å²) in [5.74, 6) is -0.486. The first-order chi connectivity index (χ1) is 8.61. The molecule has 98 valence electrons. The Kier molecular flexibility index (Phi) is 4.17. The molecule has 1 aliphatic rings. The van der Waals surface area contributed by atoms with Crippen LogP contribution in [0.3, 0.4) is 0 Å². The van der Waals surface area contributed by atoms with Crippen molar-refractivity contribution < 1.29 is 9.47 Å². The second-order valence-corrected chi connectivity index (χ2v) is 5.00. The number of ether oxygens (including phenoxy) is 2. The summed E-state index contributed by atoms with van der Waals surface area (Å²) >= 11 is 0. The first-order valence-electron chi connectivity index (χ1n) is 6.32. The average Bonchev–Trinajstić information content (AvgIpc) is 2.72. The van der Waals surface area contributed by atoms with Gasteiger partial charge in [-0.15, -0.1) is 6.58 Å². The van der Waals surface area contributed by atoms with Crippen molar-refractivity contribution in [1.29, 1.82) is 0 Å². The van der Waals surface area contributed by atoms with Crippen LogP contribution in [0.5, 0.6) is 0 Å². The van der Waals surface area contributed by atoms with Crippen molar-refractivity contribution in [1.82, 2.24) is 5.32 Å². The molecule has 18 heavy (non-hydrogen) atoms. The van der Waals surface area contributed by atoms with E-state index in [1.54, 1.807) is 0 Å². The molecule has 3 nitrogen and oxygen atoms in total. The Balaban J connectivity index is 1.89. The van der Waals surface area contributed by atoms with Crippen LogP contribution in [0.4, 0.5) is 0 Å². The molecule has 2 atom stereocenters. The van der Waals surface area contributed by atoms with Gasteiger partial charge < -0.3 is 14.8 Å². The smallest absolute Gasteiger partial charge is 0.163 e. The molecule has 1 aromatic rings. The lowest BCUT2D eigenvalue weighted by Crippen LogP contribution is -2.40. The van der Waals surface area contributed by atoms with E-state index in [1.165, 1.54) is 5.56 Å². The number of benzene rings is 1. The van der Waals surface area contributed by atoms with Gasteiger partial charge in [-0.3, -0.25) is 0 Å². The molecule has 0 saturated carbocycles. The zero-order valence-electron chi connectivity index (χ0n) is 11.1. The van der Waals surface area contributed by atoms with Gasteiger partial charge in [0.1, 0.15) is 6.10 Å². The van der Waals surface area contributed by atoms with E-state index in [4.69, 9.17) is 9.47 Å². The third-order valence-corrected chi connectivity index (χ3v) is 3.07. The van der Waals surface area contributed by atoms with E-state index in [9.17, 15) is 0 Å². The minimum atomic E-state index is -0.486. The molecule has 1 saturated heterocycles. The van der Waals surface area contributed by atoms with Crippen LogP contribution < -0.4 is 5.32 Å². The second kappa shape index (κ2) is 5.65. The van der Waals surface area contributed by atoms with E-state index < -0.39 is 5.79 Å². The van der Waals surface area contributed by atoms with Gasteiger partial charge in [0.2, 0.25) is 0 Å². The summed E-state index contributed by atoms with van der Waals surface area (Å²) in [6.45, 7) is 9.14. The fourth-order valence-corrected chi connectivity index (χ4v) is 2.09. The van der Waals surface area contributed by atoms with Crippen LogP contribution >= 0.6 is 0 Å². The first-order valence-corrected chi connectivity index (χ1v) is 6.32. The Morgan fingerprint density at radius 1 is 1.44 bits per heavy atom. The quantitative estimate of drug-likeness (QED) is 0.811. The number of nitrogens with one attached hydrogen (secondary N) is 1. The highest BCUT2D eigenvalue weighted by Gasteiger charge is 2.36. The Hall–Kier alpha value is -1.16. The van der Waals surface area contributed by atoms with Crippen molar-refractivity contribution >= 4 is 0 Å². The van der Waals surface area contributed by atoms with Crippen LogP contribution in [-0.4, -0.2) is 24.5 Å². The van der Waals surface area contributed by atoms with Gasteiger partial charge in [-0.25, -0.2) is 0 Å². The van der Waals surface area contributed by atoms with E-state index in [0.717, 1.165) is 6.54 Å². The van der Waals surface area contributed by atoms with Gasteiger partial charge in [0.25, 0.3) is 0 Å². The fourth-order valence-electron chi connectivity index (χ4n) is 2.09. The van der Waals surface area contributed by atoms with Gasteiger partial charge in [0, 0.05) is 6.54 Å². The molecule has 0 bridgehead atoms. The summed E-state index contributed by atoms with van der Waals surface area (Å²) in [7, 11) is 0. The van der Waals surface area contributed by atoms with Crippen molar-refractivity contribution in [2.45, 2.75) is 38.3 Å². The summed E-state index contributed by atoms with van der Waals surface area (Å²) in [4.78, 5) is 0. The Labute approximate surface area is 109 Å². The molecule has 1 fully saturated rings. The lowest BCUT2D eigenvalue weighted by atomic mass is 10.1.